The number of likely N-dealkylation sites (N-methyl/N-ethyl adjacent to an activating group) is 1. The predicted octanol–water partition coefficient (Wildman–Crippen LogP) is 3.24. The molecule has 1 N–H and O–H groups in total. The van der Waals surface area contributed by atoms with Gasteiger partial charge in [-0.3, -0.25) is 14.2 Å². The number of hydrogen-bond acceptors (Lipinski definition) is 4. The smallest absolute Gasteiger partial charge is 0.269 e. The number of aromatic nitrogens is 4. The molecule has 4 rings (SSSR count). The topological polar surface area (TPSA) is 83.9 Å². The van der Waals surface area contributed by atoms with Crippen molar-refractivity contribution in [2.24, 2.45) is 0 Å². The lowest BCUT2D eigenvalue weighted by atomic mass is 10.3. The second-order valence-electron chi connectivity index (χ2n) is 6.41. The Balaban J connectivity index is 1.57. The van der Waals surface area contributed by atoms with E-state index in [2.05, 4.69) is 15.0 Å². The van der Waals surface area contributed by atoms with Gasteiger partial charge in [0.05, 0.1) is 34.8 Å². The molecular formula is C19H15Cl2N5O2. The van der Waals surface area contributed by atoms with Gasteiger partial charge in [-0.1, -0.05) is 23.2 Å². The fourth-order valence-electron chi connectivity index (χ4n) is 2.98. The number of nitrogens with zero attached hydrogens (tertiary/aromatic N) is 4. The normalized spacial score (nSPS) is 11.2. The van der Waals surface area contributed by atoms with Crippen LogP contribution >= 0.6 is 23.2 Å². The standard InChI is InChI=1S/C19H15Cl2N5O2/c1-25(9-17-23-13-4-2-11(20)6-15(13)24-17)19(28)10-26-16-7-12(21)3-5-14(16)22-8-18(26)27/h2-8H,9-10H2,1H3,(H,23,24). The summed E-state index contributed by atoms with van der Waals surface area (Å²) < 4.78 is 1.37. The number of nitrogens with one attached hydrogen (secondary N) is 1. The molecule has 0 unspecified atom stereocenters. The Morgan fingerprint density at radius 2 is 1.86 bits per heavy atom. The molecule has 0 aliphatic heterocycles. The first kappa shape index (κ1) is 18.5. The summed E-state index contributed by atoms with van der Waals surface area (Å²) in [6.45, 7) is 0.143. The third kappa shape index (κ3) is 3.58. The Hall–Kier alpha value is -2.90. The van der Waals surface area contributed by atoms with Crippen LogP contribution in [0.2, 0.25) is 10.0 Å². The Morgan fingerprint density at radius 1 is 1.14 bits per heavy atom. The highest BCUT2D eigenvalue weighted by atomic mass is 35.5. The van der Waals surface area contributed by atoms with Crippen LogP contribution in [0.15, 0.2) is 47.4 Å². The van der Waals surface area contributed by atoms with Gasteiger partial charge in [0, 0.05) is 17.1 Å². The minimum Gasteiger partial charge on any atom is -0.340 e. The molecule has 4 aromatic rings. The Kier molecular flexibility index (Phi) is 4.78. The number of rotatable bonds is 4. The van der Waals surface area contributed by atoms with E-state index in [4.69, 9.17) is 23.2 Å². The van der Waals surface area contributed by atoms with Gasteiger partial charge < -0.3 is 9.88 Å². The van der Waals surface area contributed by atoms with Gasteiger partial charge in [0.15, 0.2) is 0 Å². The summed E-state index contributed by atoms with van der Waals surface area (Å²) in [6, 6.07) is 10.4. The van der Waals surface area contributed by atoms with E-state index in [1.54, 1.807) is 37.4 Å². The van der Waals surface area contributed by atoms with E-state index in [1.165, 1.54) is 15.7 Å². The molecule has 0 spiro atoms. The van der Waals surface area contributed by atoms with Crippen LogP contribution in [-0.2, 0) is 17.9 Å². The predicted molar refractivity (Wildman–Crippen MR) is 109 cm³/mol. The molecular weight excluding hydrogens is 401 g/mol. The van der Waals surface area contributed by atoms with E-state index in [-0.39, 0.29) is 24.6 Å². The van der Waals surface area contributed by atoms with Crippen LogP contribution in [-0.4, -0.2) is 37.4 Å². The molecule has 9 heteroatoms. The van der Waals surface area contributed by atoms with Crippen LogP contribution in [0.4, 0.5) is 0 Å². The van der Waals surface area contributed by atoms with Gasteiger partial charge in [0.25, 0.3) is 5.56 Å². The number of carbonyl (C=O) groups is 1. The highest BCUT2D eigenvalue weighted by molar-refractivity contribution is 6.31. The van der Waals surface area contributed by atoms with Gasteiger partial charge in [-0.15, -0.1) is 0 Å². The molecule has 2 aromatic carbocycles. The van der Waals surface area contributed by atoms with Gasteiger partial charge in [-0.2, -0.15) is 0 Å². The Bertz CT molecular complexity index is 1260. The maximum Gasteiger partial charge on any atom is 0.269 e. The van der Waals surface area contributed by atoms with Crippen LogP contribution in [0.5, 0.6) is 0 Å². The Labute approximate surface area is 169 Å². The fourth-order valence-corrected chi connectivity index (χ4v) is 3.32. The molecule has 0 aliphatic carbocycles. The van der Waals surface area contributed by atoms with Crippen molar-refractivity contribution in [3.05, 3.63) is 68.8 Å². The number of fused-ring (bicyclic) bond motifs is 2. The maximum absolute atomic E-state index is 12.7. The lowest BCUT2D eigenvalue weighted by Gasteiger charge is -2.17. The summed E-state index contributed by atoms with van der Waals surface area (Å²) in [5.74, 6) is 0.385. The number of amides is 1. The Morgan fingerprint density at radius 3 is 2.64 bits per heavy atom. The van der Waals surface area contributed by atoms with Gasteiger partial charge >= 0.3 is 0 Å². The van der Waals surface area contributed by atoms with E-state index in [0.717, 1.165) is 11.0 Å². The zero-order valence-electron chi connectivity index (χ0n) is 14.8. The molecule has 28 heavy (non-hydrogen) atoms. The molecule has 2 aromatic heterocycles. The molecule has 1 amide bonds. The van der Waals surface area contributed by atoms with Crippen LogP contribution in [0, 0.1) is 0 Å². The van der Waals surface area contributed by atoms with Gasteiger partial charge in [0.2, 0.25) is 5.91 Å². The second-order valence-corrected chi connectivity index (χ2v) is 7.28. The summed E-state index contributed by atoms with van der Waals surface area (Å²) in [5, 5.41) is 1.07. The van der Waals surface area contributed by atoms with E-state index in [0.29, 0.717) is 26.9 Å². The monoisotopic (exact) mass is 415 g/mol. The first-order valence-electron chi connectivity index (χ1n) is 8.44. The summed E-state index contributed by atoms with van der Waals surface area (Å²) in [4.78, 5) is 38.2. The van der Waals surface area contributed by atoms with Crippen LogP contribution in [0.25, 0.3) is 22.1 Å². The highest BCUT2D eigenvalue weighted by Crippen LogP contribution is 2.18. The summed E-state index contributed by atoms with van der Waals surface area (Å²) >= 11 is 12.0. The zero-order chi connectivity index (χ0) is 19.8. The lowest BCUT2D eigenvalue weighted by Crippen LogP contribution is -2.34. The third-order valence-electron chi connectivity index (χ3n) is 4.41. The number of imidazole rings is 1. The number of halogens is 2. The lowest BCUT2D eigenvalue weighted by molar-refractivity contribution is -0.131. The number of H-pyrrole nitrogens is 1. The van der Waals surface area contributed by atoms with E-state index < -0.39 is 0 Å². The molecule has 0 radical (unpaired) electrons. The molecule has 142 valence electrons. The SMILES string of the molecule is CN(Cc1nc2ccc(Cl)cc2[nH]1)C(=O)Cn1c(=O)cnc2ccc(Cl)cc21. The van der Waals surface area contributed by atoms with Crippen molar-refractivity contribution in [2.75, 3.05) is 7.05 Å². The molecule has 0 fully saturated rings. The first-order valence-corrected chi connectivity index (χ1v) is 9.19. The van der Waals surface area contributed by atoms with Crippen molar-refractivity contribution < 1.29 is 4.79 Å². The number of aromatic amines is 1. The number of benzene rings is 2. The van der Waals surface area contributed by atoms with Gasteiger partial charge in [-0.25, -0.2) is 9.97 Å². The van der Waals surface area contributed by atoms with E-state index in [1.807, 2.05) is 6.07 Å². The first-order chi connectivity index (χ1) is 13.4. The summed E-state index contributed by atoms with van der Waals surface area (Å²) in [6.07, 6.45) is 1.20. The minimum absolute atomic E-state index is 0.124. The van der Waals surface area contributed by atoms with Crippen LogP contribution in [0.1, 0.15) is 5.82 Å². The van der Waals surface area contributed by atoms with E-state index >= 15 is 0 Å². The second kappa shape index (κ2) is 7.26. The largest absolute Gasteiger partial charge is 0.340 e. The average molecular weight is 416 g/mol. The van der Waals surface area contributed by atoms with E-state index in [9.17, 15) is 9.59 Å². The molecule has 0 aliphatic rings. The maximum atomic E-state index is 12.7. The fraction of sp³-hybridized carbons (Fsp3) is 0.158. The zero-order valence-corrected chi connectivity index (χ0v) is 16.3. The molecule has 2 heterocycles. The van der Waals surface area contributed by atoms with Crippen molar-refractivity contribution >= 4 is 51.2 Å². The van der Waals surface area contributed by atoms with Crippen molar-refractivity contribution in [3.8, 4) is 0 Å². The van der Waals surface area contributed by atoms with Crippen molar-refractivity contribution in [3.63, 3.8) is 0 Å². The van der Waals surface area contributed by atoms with Crippen LogP contribution in [0.3, 0.4) is 0 Å². The van der Waals surface area contributed by atoms with Gasteiger partial charge in [-0.05, 0) is 36.4 Å². The third-order valence-corrected chi connectivity index (χ3v) is 4.88. The number of carbonyl (C=O) groups excluding carboxylic acids is 1. The molecule has 0 atom stereocenters. The molecule has 0 saturated heterocycles. The highest BCUT2D eigenvalue weighted by Gasteiger charge is 2.15. The molecule has 0 bridgehead atoms. The van der Waals surface area contributed by atoms with Gasteiger partial charge in [0.1, 0.15) is 12.4 Å². The van der Waals surface area contributed by atoms with Crippen molar-refractivity contribution in [1.29, 1.82) is 0 Å². The van der Waals surface area contributed by atoms with Crippen molar-refractivity contribution in [1.82, 2.24) is 24.4 Å². The van der Waals surface area contributed by atoms with Crippen LogP contribution < -0.4 is 5.56 Å². The summed E-state index contributed by atoms with van der Waals surface area (Å²) in [5.41, 5.74) is 2.31. The minimum atomic E-state index is -0.366. The molecule has 0 saturated carbocycles. The summed E-state index contributed by atoms with van der Waals surface area (Å²) in [7, 11) is 1.66. The average Bonchev–Trinajstić information content (AvgIpc) is 3.05. The molecule has 7 nitrogen and oxygen atoms in total. The quantitative estimate of drug-likeness (QED) is 0.554. The van der Waals surface area contributed by atoms with Crippen molar-refractivity contribution in [2.45, 2.75) is 13.1 Å². The number of hydrogen-bond donors (Lipinski definition) is 1.